The molecule has 12 heteroatoms. The number of nitrogens with zero attached hydrogens (tertiary/aromatic N) is 3. The van der Waals surface area contributed by atoms with E-state index in [2.05, 4.69) is 11.8 Å². The van der Waals surface area contributed by atoms with Gasteiger partial charge in [-0.2, -0.15) is 13.2 Å². The molecule has 1 aromatic heterocycles. The van der Waals surface area contributed by atoms with Crippen LogP contribution in [0.2, 0.25) is 0 Å². The highest BCUT2D eigenvalue weighted by molar-refractivity contribution is 5.93. The number of carboxylic acid groups (broad SMARTS) is 1. The van der Waals surface area contributed by atoms with Crippen LogP contribution in [0.25, 0.3) is 0 Å². The minimum absolute atomic E-state index is 0.00685. The Morgan fingerprint density at radius 1 is 1.28 bits per heavy atom. The molecule has 180 valence electrons. The molecule has 0 saturated carbocycles. The van der Waals surface area contributed by atoms with Gasteiger partial charge < -0.3 is 29.0 Å². The van der Waals surface area contributed by atoms with Crippen LogP contribution in [0.1, 0.15) is 30.1 Å². The number of amides is 2. The van der Waals surface area contributed by atoms with Gasteiger partial charge in [0.1, 0.15) is 12.9 Å². The van der Waals surface area contributed by atoms with E-state index in [0.29, 0.717) is 25.2 Å². The monoisotopic (exact) mass is 463 g/mol. The molecule has 3 heterocycles. The van der Waals surface area contributed by atoms with Crippen LogP contribution in [0.15, 0.2) is 23.0 Å². The third kappa shape index (κ3) is 6.22. The maximum atomic E-state index is 12.5. The molecular formula is C20H28F3N3O6. The van der Waals surface area contributed by atoms with E-state index in [-0.39, 0.29) is 30.1 Å². The highest BCUT2D eigenvalue weighted by Gasteiger charge is 2.48. The van der Waals surface area contributed by atoms with Gasteiger partial charge in [-0.25, -0.2) is 4.79 Å². The average Bonchev–Trinajstić information content (AvgIpc) is 3.25. The first-order chi connectivity index (χ1) is 14.9. The lowest BCUT2D eigenvalue weighted by Crippen LogP contribution is -2.64. The van der Waals surface area contributed by atoms with E-state index >= 15 is 0 Å². The van der Waals surface area contributed by atoms with Crippen LogP contribution >= 0.6 is 0 Å². The van der Waals surface area contributed by atoms with Gasteiger partial charge in [0.2, 0.25) is 5.91 Å². The first-order valence-electron chi connectivity index (χ1n) is 10.1. The standard InChI is InChI=1S/C18H27N3O4.C2HF3O2/c1-14-18(25-13-16(22)21(14)10-9-19(2)3)5-7-20(8-6-18)17(23)15-4-11-24-12-15;3-2(4,5)1(6)7/h4,11-12,14H,5-10,13H2,1-3H3;(H,6,7). The quantitative estimate of drug-likeness (QED) is 0.725. The fraction of sp³-hybridized carbons (Fsp3) is 0.650. The summed E-state index contributed by atoms with van der Waals surface area (Å²) in [7, 11) is 4.01. The van der Waals surface area contributed by atoms with Crippen LogP contribution < -0.4 is 0 Å². The van der Waals surface area contributed by atoms with Gasteiger partial charge in [-0.15, -0.1) is 0 Å². The van der Waals surface area contributed by atoms with Crippen LogP contribution in [0, 0.1) is 0 Å². The zero-order valence-electron chi connectivity index (χ0n) is 18.2. The molecule has 0 bridgehead atoms. The van der Waals surface area contributed by atoms with Crippen molar-refractivity contribution in [1.29, 1.82) is 0 Å². The van der Waals surface area contributed by atoms with Crippen molar-refractivity contribution in [1.82, 2.24) is 14.7 Å². The van der Waals surface area contributed by atoms with Gasteiger partial charge in [0.25, 0.3) is 5.91 Å². The minimum Gasteiger partial charge on any atom is -0.475 e. The second-order valence-electron chi connectivity index (χ2n) is 8.03. The third-order valence-electron chi connectivity index (χ3n) is 5.73. The smallest absolute Gasteiger partial charge is 0.475 e. The van der Waals surface area contributed by atoms with E-state index in [9.17, 15) is 22.8 Å². The van der Waals surface area contributed by atoms with E-state index in [1.54, 1.807) is 6.07 Å². The van der Waals surface area contributed by atoms with Gasteiger partial charge in [0, 0.05) is 26.2 Å². The highest BCUT2D eigenvalue weighted by atomic mass is 19.4. The van der Waals surface area contributed by atoms with Crippen LogP contribution in [0.3, 0.4) is 0 Å². The summed E-state index contributed by atoms with van der Waals surface area (Å²) in [6, 6.07) is 1.70. The lowest BCUT2D eigenvalue weighted by molar-refractivity contribution is -0.192. The zero-order valence-corrected chi connectivity index (χ0v) is 18.2. The summed E-state index contributed by atoms with van der Waals surface area (Å²) in [6.45, 7) is 4.99. The predicted octanol–water partition coefficient (Wildman–Crippen LogP) is 1.70. The molecule has 3 rings (SSSR count). The fourth-order valence-electron chi connectivity index (χ4n) is 3.75. The lowest BCUT2D eigenvalue weighted by Gasteiger charge is -2.51. The maximum absolute atomic E-state index is 12.5. The summed E-state index contributed by atoms with van der Waals surface area (Å²) in [5.41, 5.74) is 0.226. The van der Waals surface area contributed by atoms with Crippen molar-refractivity contribution in [2.75, 3.05) is 46.9 Å². The molecule has 0 radical (unpaired) electrons. The molecule has 9 nitrogen and oxygen atoms in total. The number of likely N-dealkylation sites (tertiary alicyclic amines) is 1. The topological polar surface area (TPSA) is 104 Å². The normalized spacial score (nSPS) is 20.8. The van der Waals surface area contributed by atoms with Crippen molar-refractivity contribution in [3.63, 3.8) is 0 Å². The third-order valence-corrected chi connectivity index (χ3v) is 5.73. The molecule has 2 fully saturated rings. The van der Waals surface area contributed by atoms with Crippen molar-refractivity contribution in [3.8, 4) is 0 Å². The fourth-order valence-corrected chi connectivity index (χ4v) is 3.75. The number of rotatable bonds is 4. The molecule has 0 aromatic carbocycles. The number of aliphatic carboxylic acids is 1. The molecular weight excluding hydrogens is 435 g/mol. The summed E-state index contributed by atoms with van der Waals surface area (Å²) in [4.78, 5) is 39.5. The molecule has 1 aromatic rings. The van der Waals surface area contributed by atoms with Gasteiger partial charge in [0.05, 0.1) is 23.5 Å². The number of carbonyl (C=O) groups excluding carboxylic acids is 2. The van der Waals surface area contributed by atoms with Crippen molar-refractivity contribution in [2.45, 2.75) is 37.6 Å². The Bertz CT molecular complexity index is 789. The first-order valence-corrected chi connectivity index (χ1v) is 10.1. The Hall–Kier alpha value is -2.60. The Morgan fingerprint density at radius 3 is 2.34 bits per heavy atom. The van der Waals surface area contributed by atoms with E-state index in [4.69, 9.17) is 19.1 Å². The van der Waals surface area contributed by atoms with Gasteiger partial charge in [-0.05, 0) is 39.9 Å². The Morgan fingerprint density at radius 2 is 1.88 bits per heavy atom. The summed E-state index contributed by atoms with van der Waals surface area (Å²) < 4.78 is 42.8. The largest absolute Gasteiger partial charge is 0.490 e. The second kappa shape index (κ2) is 10.3. The van der Waals surface area contributed by atoms with Crippen LogP contribution in [0.5, 0.6) is 0 Å². The van der Waals surface area contributed by atoms with E-state index in [1.807, 2.05) is 23.9 Å². The summed E-state index contributed by atoms with van der Waals surface area (Å²) in [5.74, 6) is -2.71. The number of halogens is 3. The van der Waals surface area contributed by atoms with Crippen LogP contribution in [0.4, 0.5) is 13.2 Å². The maximum Gasteiger partial charge on any atom is 0.490 e. The molecule has 2 aliphatic heterocycles. The lowest BCUT2D eigenvalue weighted by atomic mass is 9.82. The molecule has 1 atom stereocenters. The Labute approximate surface area is 183 Å². The molecule has 2 amide bonds. The number of morpholine rings is 1. The number of carboxylic acids is 1. The SMILES string of the molecule is CC1N(CCN(C)C)C(=O)COC12CCN(C(=O)c1ccoc1)CC2.O=C(O)C(F)(F)F. The van der Waals surface area contributed by atoms with Gasteiger partial charge in [-0.3, -0.25) is 9.59 Å². The molecule has 32 heavy (non-hydrogen) atoms. The number of likely N-dealkylation sites (N-methyl/N-ethyl adjacent to an activating group) is 1. The molecule has 2 saturated heterocycles. The average molecular weight is 463 g/mol. The number of hydrogen-bond acceptors (Lipinski definition) is 6. The summed E-state index contributed by atoms with van der Waals surface area (Å²) >= 11 is 0. The Balaban J connectivity index is 0.000000451. The zero-order chi connectivity index (χ0) is 24.1. The minimum atomic E-state index is -5.08. The predicted molar refractivity (Wildman–Crippen MR) is 106 cm³/mol. The highest BCUT2D eigenvalue weighted by Crippen LogP contribution is 2.36. The van der Waals surface area contributed by atoms with Gasteiger partial charge in [0.15, 0.2) is 0 Å². The first kappa shape index (κ1) is 25.7. The van der Waals surface area contributed by atoms with Gasteiger partial charge >= 0.3 is 12.1 Å². The summed E-state index contributed by atoms with van der Waals surface area (Å²) in [6.07, 6.45) is -0.611. The van der Waals surface area contributed by atoms with Crippen molar-refractivity contribution in [2.24, 2.45) is 0 Å². The molecule has 1 N–H and O–H groups in total. The van der Waals surface area contributed by atoms with E-state index in [0.717, 1.165) is 19.4 Å². The number of hydrogen-bond donors (Lipinski definition) is 1. The molecule has 0 aliphatic carbocycles. The second-order valence-corrected chi connectivity index (χ2v) is 8.03. The summed E-state index contributed by atoms with van der Waals surface area (Å²) in [5, 5.41) is 7.12. The number of alkyl halides is 3. The van der Waals surface area contributed by atoms with Crippen molar-refractivity contribution < 1.29 is 41.8 Å². The number of piperidine rings is 1. The van der Waals surface area contributed by atoms with Crippen LogP contribution in [-0.4, -0.2) is 102 Å². The molecule has 2 aliphatic rings. The van der Waals surface area contributed by atoms with E-state index in [1.165, 1.54) is 12.5 Å². The molecule has 1 unspecified atom stereocenters. The van der Waals surface area contributed by atoms with E-state index < -0.39 is 12.1 Å². The van der Waals surface area contributed by atoms with Crippen molar-refractivity contribution in [3.05, 3.63) is 24.2 Å². The number of carbonyl (C=O) groups is 3. The van der Waals surface area contributed by atoms with Crippen LogP contribution in [-0.2, 0) is 14.3 Å². The Kier molecular flexibility index (Phi) is 8.29. The van der Waals surface area contributed by atoms with Crippen molar-refractivity contribution >= 4 is 17.8 Å². The number of ether oxygens (including phenoxy) is 1. The number of furan rings is 1. The molecule has 1 spiro atoms. The van der Waals surface area contributed by atoms with Gasteiger partial charge in [-0.1, -0.05) is 0 Å².